The minimum atomic E-state index is -1.12. The average molecular weight is 269 g/mol. The molecule has 0 amide bonds. The van der Waals surface area contributed by atoms with E-state index in [0.717, 1.165) is 13.1 Å². The summed E-state index contributed by atoms with van der Waals surface area (Å²) in [5.41, 5.74) is 3.07. The molecule has 0 bridgehead atoms. The molecule has 1 saturated heterocycles. The zero-order valence-electron chi connectivity index (χ0n) is 12.2. The third-order valence-electron chi connectivity index (χ3n) is 4.17. The fraction of sp³-hybridized carbons (Fsp3) is 0.412. The summed E-state index contributed by atoms with van der Waals surface area (Å²) >= 11 is 0. The SMILES string of the molecule is C[Si](C)(C)C1=CC2CN(Cc3ccccc3)CC2=C1. The number of allylic oxidation sites excluding steroid dienone is 2. The molecule has 1 heterocycles. The van der Waals surface area contributed by atoms with Gasteiger partial charge in [-0.1, -0.05) is 67.3 Å². The highest BCUT2D eigenvalue weighted by Gasteiger charge is 2.32. The Bertz CT molecular complexity index is 522. The first-order valence-corrected chi connectivity index (χ1v) is 10.7. The molecule has 2 heteroatoms. The highest BCUT2D eigenvalue weighted by atomic mass is 28.3. The topological polar surface area (TPSA) is 3.24 Å². The lowest BCUT2D eigenvalue weighted by Crippen LogP contribution is -2.24. The Kier molecular flexibility index (Phi) is 3.23. The molecule has 3 rings (SSSR count). The summed E-state index contributed by atoms with van der Waals surface area (Å²) in [7, 11) is -1.12. The lowest BCUT2D eigenvalue weighted by molar-refractivity contribution is 0.326. The maximum absolute atomic E-state index is 2.57. The normalized spacial score (nSPS) is 23.2. The first kappa shape index (κ1) is 12.9. The maximum Gasteiger partial charge on any atom is 0.0772 e. The molecule has 1 aromatic rings. The second-order valence-corrected chi connectivity index (χ2v) is 11.9. The Labute approximate surface area is 117 Å². The summed E-state index contributed by atoms with van der Waals surface area (Å²) in [6, 6.07) is 10.8. The first-order valence-electron chi connectivity index (χ1n) is 7.21. The smallest absolute Gasteiger partial charge is 0.0772 e. The molecule has 0 radical (unpaired) electrons. The van der Waals surface area contributed by atoms with Gasteiger partial charge >= 0.3 is 0 Å². The van der Waals surface area contributed by atoms with Crippen molar-refractivity contribution >= 4 is 8.07 Å². The summed E-state index contributed by atoms with van der Waals surface area (Å²) in [5.74, 6) is 0.699. The van der Waals surface area contributed by atoms with E-state index in [9.17, 15) is 0 Å². The van der Waals surface area contributed by atoms with Gasteiger partial charge in [0.2, 0.25) is 0 Å². The zero-order valence-corrected chi connectivity index (χ0v) is 13.2. The van der Waals surface area contributed by atoms with Gasteiger partial charge in [0.25, 0.3) is 0 Å². The summed E-state index contributed by atoms with van der Waals surface area (Å²) in [4.78, 5) is 2.57. The lowest BCUT2D eigenvalue weighted by atomic mass is 10.1. The van der Waals surface area contributed by atoms with E-state index in [0.29, 0.717) is 5.92 Å². The van der Waals surface area contributed by atoms with Crippen molar-refractivity contribution in [3.63, 3.8) is 0 Å². The highest BCUT2D eigenvalue weighted by molar-refractivity contribution is 6.83. The van der Waals surface area contributed by atoms with Crippen molar-refractivity contribution in [3.05, 3.63) is 58.8 Å². The zero-order chi connectivity index (χ0) is 13.5. The van der Waals surface area contributed by atoms with E-state index in [4.69, 9.17) is 0 Å². The number of rotatable bonds is 3. The molecule has 0 saturated carbocycles. The largest absolute Gasteiger partial charge is 0.294 e. The number of hydrogen-bond acceptors (Lipinski definition) is 1. The van der Waals surface area contributed by atoms with Crippen molar-refractivity contribution in [2.24, 2.45) is 5.92 Å². The summed E-state index contributed by atoms with van der Waals surface area (Å²) in [5, 5.41) is 1.66. The van der Waals surface area contributed by atoms with Gasteiger partial charge in [-0.15, -0.1) is 0 Å². The van der Waals surface area contributed by atoms with Crippen LogP contribution in [0.2, 0.25) is 19.6 Å². The average Bonchev–Trinajstić information content (AvgIpc) is 2.87. The highest BCUT2D eigenvalue weighted by Crippen LogP contribution is 2.35. The molecular formula is C17H23NSi. The van der Waals surface area contributed by atoms with Crippen LogP contribution in [0.25, 0.3) is 0 Å². The summed E-state index contributed by atoms with van der Waals surface area (Å²) in [6.45, 7) is 10.8. The molecule has 1 aliphatic carbocycles. The number of nitrogens with zero attached hydrogens (tertiary/aromatic N) is 1. The molecule has 1 nitrogen and oxygen atoms in total. The first-order chi connectivity index (χ1) is 9.02. The van der Waals surface area contributed by atoms with Crippen LogP contribution in [-0.2, 0) is 6.54 Å². The van der Waals surface area contributed by atoms with Gasteiger partial charge < -0.3 is 0 Å². The molecule has 100 valence electrons. The van der Waals surface area contributed by atoms with Crippen LogP contribution in [0.15, 0.2) is 53.3 Å². The molecule has 19 heavy (non-hydrogen) atoms. The standard InChI is InChI=1S/C17H23NSi/c1-19(2,3)17-9-15-12-18(13-16(15)10-17)11-14-7-5-4-6-8-14/h4-10,15H,11-13H2,1-3H3. The Hall–Kier alpha value is -1.12. The van der Waals surface area contributed by atoms with Crippen molar-refractivity contribution in [3.8, 4) is 0 Å². The number of likely N-dealkylation sites (tertiary alicyclic amines) is 1. The number of fused-ring (bicyclic) bond motifs is 1. The third kappa shape index (κ3) is 2.75. The Morgan fingerprint density at radius 1 is 1.16 bits per heavy atom. The van der Waals surface area contributed by atoms with E-state index in [-0.39, 0.29) is 0 Å². The van der Waals surface area contributed by atoms with Crippen LogP contribution in [-0.4, -0.2) is 26.1 Å². The van der Waals surface area contributed by atoms with Gasteiger partial charge in [0.1, 0.15) is 0 Å². The van der Waals surface area contributed by atoms with Crippen molar-refractivity contribution in [1.29, 1.82) is 0 Å². The van der Waals surface area contributed by atoms with E-state index in [1.165, 1.54) is 12.1 Å². The molecule has 0 N–H and O–H groups in total. The van der Waals surface area contributed by atoms with Crippen molar-refractivity contribution in [2.75, 3.05) is 13.1 Å². The summed E-state index contributed by atoms with van der Waals surface area (Å²) in [6.07, 6.45) is 5.05. The fourth-order valence-electron chi connectivity index (χ4n) is 3.04. The van der Waals surface area contributed by atoms with Crippen LogP contribution in [0.5, 0.6) is 0 Å². The number of hydrogen-bond donors (Lipinski definition) is 0. The minimum absolute atomic E-state index is 0.699. The Morgan fingerprint density at radius 3 is 2.53 bits per heavy atom. The molecule has 1 unspecified atom stereocenters. The summed E-state index contributed by atoms with van der Waals surface area (Å²) < 4.78 is 0. The van der Waals surface area contributed by atoms with Crippen molar-refractivity contribution < 1.29 is 0 Å². The Balaban J connectivity index is 1.66. The van der Waals surface area contributed by atoms with Gasteiger partial charge in [0.05, 0.1) is 8.07 Å². The molecule has 1 fully saturated rings. The van der Waals surface area contributed by atoms with Gasteiger partial charge in [-0.05, 0) is 11.1 Å². The van der Waals surface area contributed by atoms with Crippen LogP contribution in [0.1, 0.15) is 5.56 Å². The third-order valence-corrected chi connectivity index (χ3v) is 6.22. The van der Waals surface area contributed by atoms with Crippen LogP contribution in [0.3, 0.4) is 0 Å². The lowest BCUT2D eigenvalue weighted by Gasteiger charge is -2.18. The Morgan fingerprint density at radius 2 is 1.89 bits per heavy atom. The quantitative estimate of drug-likeness (QED) is 0.753. The maximum atomic E-state index is 2.57. The van der Waals surface area contributed by atoms with Gasteiger partial charge in [-0.3, -0.25) is 4.90 Å². The molecule has 0 spiro atoms. The van der Waals surface area contributed by atoms with E-state index in [2.05, 4.69) is 67.0 Å². The second kappa shape index (κ2) is 4.77. The van der Waals surface area contributed by atoms with Crippen LogP contribution >= 0.6 is 0 Å². The van der Waals surface area contributed by atoms with Gasteiger partial charge in [0, 0.05) is 25.6 Å². The van der Waals surface area contributed by atoms with Crippen molar-refractivity contribution in [2.45, 2.75) is 26.2 Å². The van der Waals surface area contributed by atoms with Crippen LogP contribution in [0.4, 0.5) is 0 Å². The van der Waals surface area contributed by atoms with Gasteiger partial charge in [0.15, 0.2) is 0 Å². The second-order valence-electron chi connectivity index (χ2n) is 6.85. The predicted octanol–water partition coefficient (Wildman–Crippen LogP) is 3.86. The fourth-order valence-corrected chi connectivity index (χ4v) is 4.36. The van der Waals surface area contributed by atoms with E-state index < -0.39 is 8.07 Å². The molecule has 0 aromatic heterocycles. The predicted molar refractivity (Wildman–Crippen MR) is 84.7 cm³/mol. The molecule has 1 aromatic carbocycles. The van der Waals surface area contributed by atoms with Gasteiger partial charge in [-0.2, -0.15) is 0 Å². The van der Waals surface area contributed by atoms with E-state index in [1.54, 1.807) is 10.8 Å². The van der Waals surface area contributed by atoms with E-state index >= 15 is 0 Å². The van der Waals surface area contributed by atoms with Crippen molar-refractivity contribution in [1.82, 2.24) is 4.90 Å². The van der Waals surface area contributed by atoms with Crippen LogP contribution < -0.4 is 0 Å². The molecular weight excluding hydrogens is 246 g/mol. The number of benzene rings is 1. The monoisotopic (exact) mass is 269 g/mol. The van der Waals surface area contributed by atoms with E-state index in [1.807, 2.05) is 0 Å². The molecule has 2 aliphatic rings. The molecule has 1 aliphatic heterocycles. The minimum Gasteiger partial charge on any atom is -0.294 e. The van der Waals surface area contributed by atoms with Gasteiger partial charge in [-0.25, -0.2) is 0 Å². The molecule has 1 atom stereocenters. The van der Waals surface area contributed by atoms with Crippen LogP contribution in [0, 0.1) is 5.92 Å².